The topological polar surface area (TPSA) is 89.9 Å². The van der Waals surface area contributed by atoms with Crippen molar-refractivity contribution in [3.05, 3.63) is 23.8 Å². The van der Waals surface area contributed by atoms with Crippen LogP contribution in [0.3, 0.4) is 0 Å². The van der Waals surface area contributed by atoms with Crippen LogP contribution in [-0.2, 0) is 4.79 Å². The Morgan fingerprint density at radius 1 is 1.40 bits per heavy atom. The number of piperazine rings is 1. The molecule has 1 fully saturated rings. The van der Waals surface area contributed by atoms with Crippen molar-refractivity contribution in [3.8, 4) is 11.5 Å². The monoisotopic (exact) mass is 278 g/mol. The summed E-state index contributed by atoms with van der Waals surface area (Å²) in [4.78, 5) is 25.7. The minimum atomic E-state index is -0.320. The van der Waals surface area contributed by atoms with Gasteiger partial charge < -0.3 is 15.5 Å². The SMILES string of the molecule is CCC1C(=O)NCCN1CC(=O)c1ccc(O)c(O)c1. The highest BCUT2D eigenvalue weighted by atomic mass is 16.3. The molecule has 1 aromatic rings. The van der Waals surface area contributed by atoms with E-state index < -0.39 is 0 Å². The highest BCUT2D eigenvalue weighted by molar-refractivity contribution is 5.98. The number of hydrogen-bond donors (Lipinski definition) is 3. The molecule has 6 nitrogen and oxygen atoms in total. The number of nitrogens with zero attached hydrogens (tertiary/aromatic N) is 1. The summed E-state index contributed by atoms with van der Waals surface area (Å²) < 4.78 is 0. The molecule has 6 heteroatoms. The second-order valence-electron chi connectivity index (χ2n) is 4.81. The van der Waals surface area contributed by atoms with E-state index in [9.17, 15) is 19.8 Å². The summed E-state index contributed by atoms with van der Waals surface area (Å²) in [7, 11) is 0. The maximum absolute atomic E-state index is 12.2. The van der Waals surface area contributed by atoms with Crippen LogP contribution in [0.25, 0.3) is 0 Å². The van der Waals surface area contributed by atoms with Gasteiger partial charge in [-0.3, -0.25) is 14.5 Å². The number of Topliss-reactive ketones (excluding diaryl/α,β-unsaturated/α-hetero) is 1. The van der Waals surface area contributed by atoms with E-state index in [1.807, 2.05) is 11.8 Å². The number of amides is 1. The van der Waals surface area contributed by atoms with Crippen molar-refractivity contribution in [3.63, 3.8) is 0 Å². The smallest absolute Gasteiger partial charge is 0.237 e. The van der Waals surface area contributed by atoms with Gasteiger partial charge in [0.15, 0.2) is 17.3 Å². The molecule has 1 heterocycles. The molecule has 1 unspecified atom stereocenters. The molecule has 1 aliphatic rings. The van der Waals surface area contributed by atoms with Gasteiger partial charge in [-0.1, -0.05) is 6.92 Å². The van der Waals surface area contributed by atoms with Crippen LogP contribution in [0.1, 0.15) is 23.7 Å². The first kappa shape index (κ1) is 14.3. The highest BCUT2D eigenvalue weighted by Crippen LogP contribution is 2.25. The van der Waals surface area contributed by atoms with Crippen molar-refractivity contribution in [1.82, 2.24) is 10.2 Å². The second kappa shape index (κ2) is 5.92. The normalized spacial score (nSPS) is 19.6. The number of carbonyl (C=O) groups is 2. The quantitative estimate of drug-likeness (QED) is 0.551. The molecular weight excluding hydrogens is 260 g/mol. The molecule has 0 spiro atoms. The Bertz CT molecular complexity index is 530. The summed E-state index contributed by atoms with van der Waals surface area (Å²) in [6, 6.07) is 3.69. The zero-order chi connectivity index (χ0) is 14.7. The summed E-state index contributed by atoms with van der Waals surface area (Å²) in [5.74, 6) is -0.821. The Morgan fingerprint density at radius 3 is 2.80 bits per heavy atom. The van der Waals surface area contributed by atoms with E-state index in [0.717, 1.165) is 0 Å². The van der Waals surface area contributed by atoms with Crippen molar-refractivity contribution < 1.29 is 19.8 Å². The maximum atomic E-state index is 12.2. The number of hydrogen-bond acceptors (Lipinski definition) is 5. The zero-order valence-corrected chi connectivity index (χ0v) is 11.3. The average molecular weight is 278 g/mol. The van der Waals surface area contributed by atoms with Gasteiger partial charge in [0.2, 0.25) is 5.91 Å². The lowest BCUT2D eigenvalue weighted by molar-refractivity contribution is -0.128. The first-order valence-corrected chi connectivity index (χ1v) is 6.60. The zero-order valence-electron chi connectivity index (χ0n) is 11.3. The fourth-order valence-corrected chi connectivity index (χ4v) is 2.37. The summed E-state index contributed by atoms with van der Waals surface area (Å²) in [5.41, 5.74) is 0.320. The third-order valence-corrected chi connectivity index (χ3v) is 3.47. The van der Waals surface area contributed by atoms with Crippen LogP contribution in [0.15, 0.2) is 18.2 Å². The molecule has 108 valence electrons. The molecule has 1 amide bonds. The Balaban J connectivity index is 2.10. The van der Waals surface area contributed by atoms with Crippen LogP contribution >= 0.6 is 0 Å². The van der Waals surface area contributed by atoms with Crippen molar-refractivity contribution in [2.24, 2.45) is 0 Å². The Kier molecular flexibility index (Phi) is 4.24. The summed E-state index contributed by atoms with van der Waals surface area (Å²) >= 11 is 0. The molecule has 0 aromatic heterocycles. The van der Waals surface area contributed by atoms with Gasteiger partial charge in [-0.05, 0) is 24.6 Å². The fraction of sp³-hybridized carbons (Fsp3) is 0.429. The number of ketones is 1. The Hall–Kier alpha value is -2.08. The molecule has 20 heavy (non-hydrogen) atoms. The van der Waals surface area contributed by atoms with E-state index >= 15 is 0 Å². The van der Waals surface area contributed by atoms with Crippen LogP contribution in [0.5, 0.6) is 11.5 Å². The third-order valence-electron chi connectivity index (χ3n) is 3.47. The van der Waals surface area contributed by atoms with Gasteiger partial charge in [0.25, 0.3) is 0 Å². The number of carbonyl (C=O) groups excluding carboxylic acids is 2. The Morgan fingerprint density at radius 2 is 2.15 bits per heavy atom. The number of nitrogens with one attached hydrogen (secondary N) is 1. The van der Waals surface area contributed by atoms with Crippen molar-refractivity contribution in [2.75, 3.05) is 19.6 Å². The molecule has 2 rings (SSSR count). The first-order chi connectivity index (χ1) is 9.52. The maximum Gasteiger partial charge on any atom is 0.237 e. The van der Waals surface area contributed by atoms with Crippen molar-refractivity contribution >= 4 is 11.7 Å². The summed E-state index contributed by atoms with van der Waals surface area (Å²) in [6.07, 6.45) is 0.639. The number of rotatable bonds is 4. The van der Waals surface area contributed by atoms with Gasteiger partial charge in [0.05, 0.1) is 12.6 Å². The molecule has 1 aliphatic heterocycles. The number of aromatic hydroxyl groups is 2. The molecule has 0 radical (unpaired) electrons. The van der Waals surface area contributed by atoms with E-state index in [0.29, 0.717) is 25.1 Å². The molecule has 1 saturated heterocycles. The number of phenols is 2. The van der Waals surface area contributed by atoms with Gasteiger partial charge in [0.1, 0.15) is 0 Å². The van der Waals surface area contributed by atoms with Crippen LogP contribution in [0, 0.1) is 0 Å². The fourth-order valence-electron chi connectivity index (χ4n) is 2.37. The average Bonchev–Trinajstić information content (AvgIpc) is 2.42. The van der Waals surface area contributed by atoms with E-state index in [2.05, 4.69) is 5.32 Å². The first-order valence-electron chi connectivity index (χ1n) is 6.60. The predicted molar refractivity (Wildman–Crippen MR) is 72.8 cm³/mol. The summed E-state index contributed by atoms with van der Waals surface area (Å²) in [6.45, 7) is 3.18. The van der Waals surface area contributed by atoms with Gasteiger partial charge in [-0.25, -0.2) is 0 Å². The van der Waals surface area contributed by atoms with Crippen molar-refractivity contribution in [2.45, 2.75) is 19.4 Å². The molecule has 0 saturated carbocycles. The van der Waals surface area contributed by atoms with E-state index in [-0.39, 0.29) is 35.8 Å². The molecule has 1 aromatic carbocycles. The van der Waals surface area contributed by atoms with Gasteiger partial charge in [0, 0.05) is 18.7 Å². The minimum Gasteiger partial charge on any atom is -0.504 e. The molecule has 3 N–H and O–H groups in total. The highest BCUT2D eigenvalue weighted by Gasteiger charge is 2.29. The molecular formula is C14H18N2O4. The lowest BCUT2D eigenvalue weighted by Gasteiger charge is -2.33. The van der Waals surface area contributed by atoms with E-state index in [1.54, 1.807) is 0 Å². The largest absolute Gasteiger partial charge is 0.504 e. The standard InChI is InChI=1S/C14H18N2O4/c1-2-10-14(20)15-5-6-16(10)8-13(19)9-3-4-11(17)12(18)7-9/h3-4,7,10,17-18H,2,5-6,8H2,1H3,(H,15,20). The van der Waals surface area contributed by atoms with Crippen LogP contribution in [0.4, 0.5) is 0 Å². The van der Waals surface area contributed by atoms with E-state index in [1.165, 1.54) is 18.2 Å². The predicted octanol–water partition coefficient (Wildman–Crippen LogP) is 0.491. The van der Waals surface area contributed by atoms with Gasteiger partial charge in [-0.15, -0.1) is 0 Å². The van der Waals surface area contributed by atoms with Gasteiger partial charge >= 0.3 is 0 Å². The Labute approximate surface area is 117 Å². The van der Waals surface area contributed by atoms with Crippen LogP contribution in [-0.4, -0.2) is 52.5 Å². The lowest BCUT2D eigenvalue weighted by Crippen LogP contribution is -2.56. The van der Waals surface area contributed by atoms with Crippen LogP contribution in [0.2, 0.25) is 0 Å². The molecule has 0 bridgehead atoms. The molecule has 0 aliphatic carbocycles. The second-order valence-corrected chi connectivity index (χ2v) is 4.81. The van der Waals surface area contributed by atoms with Crippen molar-refractivity contribution in [1.29, 1.82) is 0 Å². The number of benzene rings is 1. The van der Waals surface area contributed by atoms with Crippen LogP contribution < -0.4 is 5.32 Å². The minimum absolute atomic E-state index is 0.0555. The third kappa shape index (κ3) is 2.91. The summed E-state index contributed by atoms with van der Waals surface area (Å²) in [5, 5.41) is 21.4. The van der Waals surface area contributed by atoms with E-state index in [4.69, 9.17) is 0 Å². The molecule has 1 atom stereocenters. The van der Waals surface area contributed by atoms with Gasteiger partial charge in [-0.2, -0.15) is 0 Å². The number of phenolic OH excluding ortho intramolecular Hbond substituents is 2. The lowest BCUT2D eigenvalue weighted by atomic mass is 10.1.